The van der Waals surface area contributed by atoms with Gasteiger partial charge in [0.25, 0.3) is 0 Å². The predicted molar refractivity (Wildman–Crippen MR) is 94.3 cm³/mol. The minimum atomic E-state index is 0.678. The van der Waals surface area contributed by atoms with E-state index < -0.39 is 0 Å². The molecular weight excluding hydrogens is 282 g/mol. The van der Waals surface area contributed by atoms with Gasteiger partial charge in [0.15, 0.2) is 0 Å². The highest BCUT2D eigenvalue weighted by Gasteiger charge is 2.34. The highest BCUT2D eigenvalue weighted by molar-refractivity contribution is 5.20. The predicted octanol–water partition coefficient (Wildman–Crippen LogP) is 4.56. The number of hydrogen-bond acceptors (Lipinski definition) is 2. The molecular formula is C21H29NO. The summed E-state index contributed by atoms with van der Waals surface area (Å²) in [6, 6.07) is 12.5. The molecule has 0 aromatic heterocycles. The first-order chi connectivity index (χ1) is 11.4. The van der Waals surface area contributed by atoms with Crippen LogP contribution in [-0.2, 0) is 11.3 Å². The molecule has 3 aliphatic heterocycles. The molecule has 0 saturated carbocycles. The van der Waals surface area contributed by atoms with Gasteiger partial charge in [0.1, 0.15) is 0 Å². The minimum absolute atomic E-state index is 0.678. The third kappa shape index (κ3) is 3.70. The van der Waals surface area contributed by atoms with Crippen molar-refractivity contribution in [3.05, 3.63) is 47.5 Å². The fourth-order valence-corrected chi connectivity index (χ4v) is 4.72. The zero-order valence-electron chi connectivity index (χ0n) is 14.1. The van der Waals surface area contributed by atoms with Gasteiger partial charge < -0.3 is 4.74 Å². The number of ether oxygens (including phenoxy) is 1. The summed E-state index contributed by atoms with van der Waals surface area (Å²) in [4.78, 5) is 2.77. The Morgan fingerprint density at radius 1 is 1.00 bits per heavy atom. The third-order valence-electron chi connectivity index (χ3n) is 5.96. The van der Waals surface area contributed by atoms with Crippen molar-refractivity contribution in [1.29, 1.82) is 0 Å². The highest BCUT2D eigenvalue weighted by atomic mass is 16.5. The summed E-state index contributed by atoms with van der Waals surface area (Å²) in [7, 11) is 0. The Bertz CT molecular complexity index is 532. The van der Waals surface area contributed by atoms with Crippen molar-refractivity contribution >= 4 is 0 Å². The van der Waals surface area contributed by atoms with Crippen LogP contribution in [0.25, 0.3) is 0 Å². The first-order valence-corrected chi connectivity index (χ1v) is 9.45. The van der Waals surface area contributed by atoms with Crippen molar-refractivity contribution in [2.75, 3.05) is 13.2 Å². The lowest BCUT2D eigenvalue weighted by atomic mass is 9.80. The lowest BCUT2D eigenvalue weighted by Crippen LogP contribution is -2.48. The summed E-state index contributed by atoms with van der Waals surface area (Å²) >= 11 is 0. The molecule has 0 amide bonds. The van der Waals surface area contributed by atoms with Crippen molar-refractivity contribution < 1.29 is 4.74 Å². The van der Waals surface area contributed by atoms with Crippen LogP contribution in [0.1, 0.15) is 50.5 Å². The van der Waals surface area contributed by atoms with Gasteiger partial charge in [-0.1, -0.05) is 48.4 Å². The van der Waals surface area contributed by atoms with Crippen LogP contribution < -0.4 is 0 Å². The molecule has 3 heterocycles. The Kier molecular flexibility index (Phi) is 4.82. The molecule has 2 saturated heterocycles. The molecule has 2 unspecified atom stereocenters. The van der Waals surface area contributed by atoms with Crippen LogP contribution in [0.15, 0.2) is 42.0 Å². The van der Waals surface area contributed by atoms with Gasteiger partial charge in [0.05, 0.1) is 0 Å². The number of piperidine rings is 1. The van der Waals surface area contributed by atoms with Crippen LogP contribution >= 0.6 is 0 Å². The molecule has 0 radical (unpaired) electrons. The second-order valence-corrected chi connectivity index (χ2v) is 7.60. The number of nitrogens with zero attached hydrogens (tertiary/aromatic N) is 1. The quantitative estimate of drug-likeness (QED) is 0.756. The molecule has 4 rings (SSSR count). The second-order valence-electron chi connectivity index (χ2n) is 7.60. The average molecular weight is 311 g/mol. The largest absolute Gasteiger partial charge is 0.381 e. The fourth-order valence-electron chi connectivity index (χ4n) is 4.72. The van der Waals surface area contributed by atoms with E-state index in [1.165, 1.54) is 50.5 Å². The van der Waals surface area contributed by atoms with Crippen LogP contribution in [0.4, 0.5) is 0 Å². The Labute approximate surface area is 140 Å². The Balaban J connectivity index is 1.44. The van der Waals surface area contributed by atoms with Gasteiger partial charge in [-0.15, -0.1) is 0 Å². The molecule has 1 aromatic carbocycles. The van der Waals surface area contributed by atoms with Crippen molar-refractivity contribution in [2.45, 2.75) is 63.6 Å². The molecule has 124 valence electrons. The summed E-state index contributed by atoms with van der Waals surface area (Å²) in [5, 5.41) is 0. The molecule has 0 spiro atoms. The van der Waals surface area contributed by atoms with Crippen molar-refractivity contribution in [1.82, 2.24) is 4.90 Å². The molecule has 2 heteroatoms. The summed E-state index contributed by atoms with van der Waals surface area (Å²) in [5.41, 5.74) is 3.21. The van der Waals surface area contributed by atoms with Crippen LogP contribution in [0.5, 0.6) is 0 Å². The fraction of sp³-hybridized carbons (Fsp3) is 0.619. The topological polar surface area (TPSA) is 12.5 Å². The van der Waals surface area contributed by atoms with E-state index in [-0.39, 0.29) is 0 Å². The van der Waals surface area contributed by atoms with Crippen molar-refractivity contribution in [2.24, 2.45) is 5.92 Å². The summed E-state index contributed by atoms with van der Waals surface area (Å²) in [6.45, 7) is 3.08. The molecule has 3 aliphatic rings. The van der Waals surface area contributed by atoms with Crippen LogP contribution in [-0.4, -0.2) is 30.2 Å². The standard InChI is InChI=1S/C21H29NO/c1-2-5-18(6-3-1)16-22-20-7-4-8-21(22)15-19(14-20)13-17-9-11-23-12-10-17/h1-3,5-6,14,17,20-21H,4,7-13,15-16H2. The normalized spacial score (nSPS) is 29.3. The Morgan fingerprint density at radius 2 is 1.83 bits per heavy atom. The van der Waals surface area contributed by atoms with Gasteiger partial charge in [0.2, 0.25) is 0 Å². The lowest BCUT2D eigenvalue weighted by Gasteiger charge is -2.45. The average Bonchev–Trinajstić information content (AvgIpc) is 2.57. The van der Waals surface area contributed by atoms with Crippen molar-refractivity contribution in [3.8, 4) is 0 Å². The zero-order valence-corrected chi connectivity index (χ0v) is 14.1. The van der Waals surface area contributed by atoms with E-state index in [4.69, 9.17) is 4.74 Å². The van der Waals surface area contributed by atoms with Gasteiger partial charge in [-0.3, -0.25) is 4.90 Å². The molecule has 1 aromatic rings. The molecule has 2 atom stereocenters. The van der Waals surface area contributed by atoms with E-state index in [1.54, 1.807) is 5.57 Å². The van der Waals surface area contributed by atoms with Gasteiger partial charge in [-0.25, -0.2) is 0 Å². The number of rotatable bonds is 4. The smallest absolute Gasteiger partial charge is 0.0468 e. The third-order valence-corrected chi connectivity index (χ3v) is 5.96. The molecule has 2 fully saturated rings. The molecule has 0 aliphatic carbocycles. The Morgan fingerprint density at radius 3 is 2.61 bits per heavy atom. The molecule has 2 nitrogen and oxygen atoms in total. The lowest BCUT2D eigenvalue weighted by molar-refractivity contribution is 0.0618. The Hall–Kier alpha value is -1.12. The first kappa shape index (κ1) is 15.4. The van der Waals surface area contributed by atoms with E-state index >= 15 is 0 Å². The minimum Gasteiger partial charge on any atom is -0.381 e. The summed E-state index contributed by atoms with van der Waals surface area (Å²) in [5.74, 6) is 0.872. The monoisotopic (exact) mass is 311 g/mol. The number of hydrogen-bond donors (Lipinski definition) is 0. The number of benzene rings is 1. The summed E-state index contributed by atoms with van der Waals surface area (Å²) in [6.07, 6.45) is 11.9. The van der Waals surface area contributed by atoms with Gasteiger partial charge in [-0.05, 0) is 50.0 Å². The SMILES string of the molecule is C1=C(CC2CCOCC2)CC2CCCC1N2Cc1ccccc1. The van der Waals surface area contributed by atoms with E-state index in [0.29, 0.717) is 6.04 Å². The maximum absolute atomic E-state index is 5.52. The molecule has 0 N–H and O–H groups in total. The van der Waals surface area contributed by atoms with Gasteiger partial charge in [0, 0.05) is 31.8 Å². The zero-order chi connectivity index (χ0) is 15.5. The summed E-state index contributed by atoms with van der Waals surface area (Å²) < 4.78 is 5.52. The molecule has 2 bridgehead atoms. The number of fused-ring (bicyclic) bond motifs is 2. The highest BCUT2D eigenvalue weighted by Crippen LogP contribution is 2.37. The van der Waals surface area contributed by atoms with E-state index in [1.807, 2.05) is 0 Å². The van der Waals surface area contributed by atoms with E-state index in [9.17, 15) is 0 Å². The van der Waals surface area contributed by atoms with Crippen LogP contribution in [0.2, 0.25) is 0 Å². The van der Waals surface area contributed by atoms with Crippen LogP contribution in [0.3, 0.4) is 0 Å². The van der Waals surface area contributed by atoms with E-state index in [0.717, 1.165) is 31.7 Å². The maximum atomic E-state index is 5.52. The van der Waals surface area contributed by atoms with Crippen LogP contribution in [0, 0.1) is 5.92 Å². The van der Waals surface area contributed by atoms with E-state index in [2.05, 4.69) is 41.3 Å². The molecule has 23 heavy (non-hydrogen) atoms. The second kappa shape index (κ2) is 7.19. The first-order valence-electron chi connectivity index (χ1n) is 9.45. The van der Waals surface area contributed by atoms with Gasteiger partial charge in [-0.2, -0.15) is 0 Å². The van der Waals surface area contributed by atoms with Gasteiger partial charge >= 0.3 is 0 Å². The van der Waals surface area contributed by atoms with Crippen molar-refractivity contribution in [3.63, 3.8) is 0 Å². The maximum Gasteiger partial charge on any atom is 0.0468 e.